The van der Waals surface area contributed by atoms with Gasteiger partial charge in [0.2, 0.25) is 5.91 Å². The van der Waals surface area contributed by atoms with Crippen LogP contribution in [0.4, 0.5) is 0 Å². The van der Waals surface area contributed by atoms with E-state index >= 15 is 0 Å². The van der Waals surface area contributed by atoms with Gasteiger partial charge < -0.3 is 15.4 Å². The summed E-state index contributed by atoms with van der Waals surface area (Å²) < 4.78 is 5.10. The number of amides is 1. The fraction of sp³-hybridized carbons (Fsp3) is 0.500. The molecule has 0 aliphatic rings. The number of hydrogen-bond donors (Lipinski definition) is 2. The van der Waals surface area contributed by atoms with E-state index in [2.05, 4.69) is 10.6 Å². The van der Waals surface area contributed by atoms with E-state index in [0.717, 1.165) is 11.3 Å². The number of nitrogens with one attached hydrogen (secondary N) is 2. The minimum absolute atomic E-state index is 0.0201. The summed E-state index contributed by atoms with van der Waals surface area (Å²) in [6.07, 6.45) is 0. The molecule has 1 amide bonds. The van der Waals surface area contributed by atoms with Crippen LogP contribution >= 0.6 is 0 Å². The van der Waals surface area contributed by atoms with E-state index < -0.39 is 5.54 Å². The molecule has 1 rings (SSSR count). The van der Waals surface area contributed by atoms with E-state index in [1.165, 1.54) is 0 Å². The third kappa shape index (κ3) is 3.47. The molecular weight excluding hydrogens is 228 g/mol. The van der Waals surface area contributed by atoms with Crippen molar-refractivity contribution in [3.05, 3.63) is 29.8 Å². The molecule has 0 saturated heterocycles. The average Bonchev–Trinajstić information content (AvgIpc) is 2.38. The SMILES string of the molecule is CNC(C)(C)C(=O)N[C@H](C)c1ccc(OC)cc1. The first-order chi connectivity index (χ1) is 8.40. The molecule has 0 radical (unpaired) electrons. The van der Waals surface area contributed by atoms with E-state index in [9.17, 15) is 4.79 Å². The Morgan fingerprint density at radius 1 is 1.28 bits per heavy atom. The second-order valence-electron chi connectivity index (χ2n) is 4.84. The third-order valence-electron chi connectivity index (χ3n) is 3.16. The molecule has 0 unspecified atom stereocenters. The second-order valence-corrected chi connectivity index (χ2v) is 4.84. The standard InChI is InChI=1S/C14H22N2O2/c1-10(16-13(17)14(2,3)15-4)11-6-8-12(18-5)9-7-11/h6-10,15H,1-5H3,(H,16,17)/t10-/m1/s1. The second kappa shape index (κ2) is 5.87. The summed E-state index contributed by atoms with van der Waals surface area (Å²) in [5.74, 6) is 0.793. The van der Waals surface area contributed by atoms with Crippen LogP contribution in [-0.4, -0.2) is 25.6 Å². The molecular formula is C14H22N2O2. The maximum Gasteiger partial charge on any atom is 0.240 e. The lowest BCUT2D eigenvalue weighted by atomic mass is 10.0. The van der Waals surface area contributed by atoms with E-state index in [-0.39, 0.29) is 11.9 Å². The number of benzene rings is 1. The van der Waals surface area contributed by atoms with Crippen LogP contribution in [0.15, 0.2) is 24.3 Å². The van der Waals surface area contributed by atoms with Crippen molar-refractivity contribution in [3.8, 4) is 5.75 Å². The van der Waals surface area contributed by atoms with Crippen LogP contribution in [0.5, 0.6) is 5.75 Å². The van der Waals surface area contributed by atoms with Gasteiger partial charge in [-0.1, -0.05) is 12.1 Å². The first-order valence-corrected chi connectivity index (χ1v) is 6.04. The Balaban J connectivity index is 2.70. The smallest absolute Gasteiger partial charge is 0.240 e. The highest BCUT2D eigenvalue weighted by atomic mass is 16.5. The molecule has 1 atom stereocenters. The molecule has 4 heteroatoms. The first-order valence-electron chi connectivity index (χ1n) is 6.04. The van der Waals surface area contributed by atoms with Crippen LogP contribution in [0.25, 0.3) is 0 Å². The summed E-state index contributed by atoms with van der Waals surface area (Å²) in [5.41, 5.74) is 0.483. The van der Waals surface area contributed by atoms with Gasteiger partial charge in [0.05, 0.1) is 18.7 Å². The Morgan fingerprint density at radius 3 is 2.28 bits per heavy atom. The molecule has 1 aromatic carbocycles. The fourth-order valence-corrected chi connectivity index (χ4v) is 1.47. The van der Waals surface area contributed by atoms with Gasteiger partial charge >= 0.3 is 0 Å². The van der Waals surface area contributed by atoms with Crippen molar-refractivity contribution in [2.24, 2.45) is 0 Å². The highest BCUT2D eigenvalue weighted by molar-refractivity contribution is 5.85. The van der Waals surface area contributed by atoms with Gasteiger partial charge in [-0.25, -0.2) is 0 Å². The van der Waals surface area contributed by atoms with Crippen LogP contribution in [0.1, 0.15) is 32.4 Å². The predicted octanol–water partition coefficient (Wildman–Crippen LogP) is 1.87. The van der Waals surface area contributed by atoms with Crippen LogP contribution in [0.3, 0.4) is 0 Å². The summed E-state index contributed by atoms with van der Waals surface area (Å²) in [6, 6.07) is 7.66. The number of carbonyl (C=O) groups excluding carboxylic acids is 1. The van der Waals surface area contributed by atoms with Crippen molar-refractivity contribution in [2.75, 3.05) is 14.2 Å². The summed E-state index contributed by atoms with van der Waals surface area (Å²) in [5, 5.41) is 5.97. The Kier molecular flexibility index (Phi) is 4.73. The quantitative estimate of drug-likeness (QED) is 0.839. The van der Waals surface area contributed by atoms with Gasteiger partial charge in [0.25, 0.3) is 0 Å². The van der Waals surface area contributed by atoms with E-state index in [1.54, 1.807) is 14.2 Å². The largest absolute Gasteiger partial charge is 0.497 e. The molecule has 4 nitrogen and oxygen atoms in total. The zero-order valence-electron chi connectivity index (χ0n) is 11.7. The number of rotatable bonds is 5. The van der Waals surface area contributed by atoms with Crippen molar-refractivity contribution in [2.45, 2.75) is 32.4 Å². The minimum atomic E-state index is -0.569. The molecule has 100 valence electrons. The molecule has 0 saturated carbocycles. The zero-order chi connectivity index (χ0) is 13.8. The molecule has 0 fully saturated rings. The Morgan fingerprint density at radius 2 is 1.83 bits per heavy atom. The van der Waals surface area contributed by atoms with E-state index in [4.69, 9.17) is 4.74 Å². The Hall–Kier alpha value is -1.55. The molecule has 0 aromatic heterocycles. The lowest BCUT2D eigenvalue weighted by Crippen LogP contribution is -2.51. The van der Waals surface area contributed by atoms with Gasteiger partial charge in [0.1, 0.15) is 5.75 Å². The van der Waals surface area contributed by atoms with Crippen molar-refractivity contribution < 1.29 is 9.53 Å². The number of carbonyl (C=O) groups is 1. The molecule has 0 heterocycles. The molecule has 0 spiro atoms. The monoisotopic (exact) mass is 250 g/mol. The summed E-state index contributed by atoms with van der Waals surface area (Å²) in [4.78, 5) is 12.0. The average molecular weight is 250 g/mol. The highest BCUT2D eigenvalue weighted by Crippen LogP contribution is 2.17. The number of hydrogen-bond acceptors (Lipinski definition) is 3. The third-order valence-corrected chi connectivity index (χ3v) is 3.16. The van der Waals surface area contributed by atoms with Crippen LogP contribution in [0, 0.1) is 0 Å². The maximum absolute atomic E-state index is 12.0. The Labute approximate surface area is 109 Å². The van der Waals surface area contributed by atoms with Crippen molar-refractivity contribution >= 4 is 5.91 Å². The summed E-state index contributed by atoms with van der Waals surface area (Å²) in [7, 11) is 3.41. The highest BCUT2D eigenvalue weighted by Gasteiger charge is 2.26. The van der Waals surface area contributed by atoms with Gasteiger partial charge in [0, 0.05) is 0 Å². The van der Waals surface area contributed by atoms with Crippen molar-refractivity contribution in [1.82, 2.24) is 10.6 Å². The summed E-state index contributed by atoms with van der Waals surface area (Å²) in [6.45, 7) is 5.66. The summed E-state index contributed by atoms with van der Waals surface area (Å²) >= 11 is 0. The molecule has 2 N–H and O–H groups in total. The van der Waals surface area contributed by atoms with Gasteiger partial charge in [-0.15, -0.1) is 0 Å². The number of ether oxygens (including phenoxy) is 1. The normalized spacial score (nSPS) is 12.9. The molecule has 1 aromatic rings. The lowest BCUT2D eigenvalue weighted by Gasteiger charge is -2.25. The molecule has 18 heavy (non-hydrogen) atoms. The zero-order valence-corrected chi connectivity index (χ0v) is 11.7. The van der Waals surface area contributed by atoms with Crippen molar-refractivity contribution in [3.63, 3.8) is 0 Å². The lowest BCUT2D eigenvalue weighted by molar-refractivity contribution is -0.126. The van der Waals surface area contributed by atoms with Crippen LogP contribution < -0.4 is 15.4 Å². The molecule has 0 bridgehead atoms. The van der Waals surface area contributed by atoms with E-state index in [1.807, 2.05) is 45.0 Å². The number of methoxy groups -OCH3 is 1. The van der Waals surface area contributed by atoms with Crippen LogP contribution in [-0.2, 0) is 4.79 Å². The topological polar surface area (TPSA) is 50.4 Å². The number of likely N-dealkylation sites (N-methyl/N-ethyl adjacent to an activating group) is 1. The van der Waals surface area contributed by atoms with Crippen molar-refractivity contribution in [1.29, 1.82) is 0 Å². The first kappa shape index (κ1) is 14.5. The van der Waals surface area contributed by atoms with Crippen LogP contribution in [0.2, 0.25) is 0 Å². The van der Waals surface area contributed by atoms with Gasteiger partial charge in [-0.2, -0.15) is 0 Å². The van der Waals surface area contributed by atoms with E-state index in [0.29, 0.717) is 0 Å². The minimum Gasteiger partial charge on any atom is -0.497 e. The van der Waals surface area contributed by atoms with Gasteiger partial charge in [0.15, 0.2) is 0 Å². The predicted molar refractivity (Wildman–Crippen MR) is 72.7 cm³/mol. The van der Waals surface area contributed by atoms with Gasteiger partial charge in [-0.3, -0.25) is 4.79 Å². The fourth-order valence-electron chi connectivity index (χ4n) is 1.47. The Bertz CT molecular complexity index is 399. The molecule has 0 aliphatic carbocycles. The van der Waals surface area contributed by atoms with Gasteiger partial charge in [-0.05, 0) is 45.5 Å². The molecule has 0 aliphatic heterocycles. The maximum atomic E-state index is 12.0.